The van der Waals surface area contributed by atoms with E-state index in [1.807, 2.05) is 7.05 Å². The Morgan fingerprint density at radius 2 is 1.96 bits per heavy atom. The topological polar surface area (TPSA) is 42.9 Å². The highest BCUT2D eigenvalue weighted by Crippen LogP contribution is 2.34. The molecule has 0 bridgehead atoms. The molecule has 1 aliphatic heterocycles. The summed E-state index contributed by atoms with van der Waals surface area (Å²) in [6, 6.07) is 12.4. The van der Waals surface area contributed by atoms with Gasteiger partial charge in [-0.15, -0.1) is 24.0 Å². The second-order valence-electron chi connectivity index (χ2n) is 8.16. The molecule has 1 saturated heterocycles. The zero-order valence-electron chi connectivity index (χ0n) is 17.2. The van der Waals surface area contributed by atoms with Crippen LogP contribution in [0.5, 0.6) is 0 Å². The highest BCUT2D eigenvalue weighted by molar-refractivity contribution is 14.0. The van der Waals surface area contributed by atoms with E-state index in [-0.39, 0.29) is 24.0 Å². The van der Waals surface area contributed by atoms with E-state index in [0.717, 1.165) is 37.9 Å². The summed E-state index contributed by atoms with van der Waals surface area (Å²) in [6.07, 6.45) is 3.89. The van der Waals surface area contributed by atoms with Gasteiger partial charge in [-0.2, -0.15) is 0 Å². The van der Waals surface area contributed by atoms with Crippen LogP contribution >= 0.6 is 24.0 Å². The van der Waals surface area contributed by atoms with Crippen LogP contribution in [0.15, 0.2) is 35.3 Å². The minimum atomic E-state index is 0. The van der Waals surface area contributed by atoms with Crippen LogP contribution in [0.25, 0.3) is 0 Å². The van der Waals surface area contributed by atoms with Crippen molar-refractivity contribution in [1.29, 1.82) is 0 Å². The van der Waals surface area contributed by atoms with Crippen LogP contribution in [0.3, 0.4) is 0 Å². The third-order valence-electron chi connectivity index (χ3n) is 5.80. The molecule has 2 fully saturated rings. The van der Waals surface area contributed by atoms with E-state index in [1.165, 1.54) is 18.4 Å². The number of hydrogen-bond donors (Lipinski definition) is 2. The number of guanidine groups is 1. The number of likely N-dealkylation sites (N-methyl/N-ethyl adjacent to an activating group) is 1. The number of likely N-dealkylation sites (tertiary alicyclic amines) is 1. The first-order valence-corrected chi connectivity index (χ1v) is 9.98. The molecule has 1 heterocycles. The van der Waals surface area contributed by atoms with Crippen molar-refractivity contribution in [3.63, 3.8) is 0 Å². The molecule has 0 amide bonds. The molecule has 1 aliphatic carbocycles. The number of benzene rings is 1. The molecule has 2 aliphatic rings. The molecular formula is C21H36IN5. The minimum absolute atomic E-state index is 0. The molecule has 6 heteroatoms. The lowest BCUT2D eigenvalue weighted by atomic mass is 10.1. The summed E-state index contributed by atoms with van der Waals surface area (Å²) in [6.45, 7) is 5.39. The van der Waals surface area contributed by atoms with Crippen molar-refractivity contribution in [3.05, 3.63) is 35.9 Å². The molecule has 0 aromatic heterocycles. The maximum absolute atomic E-state index is 4.45. The number of halogens is 1. The number of aliphatic imine (C=N–C) groups is 1. The fraction of sp³-hybridized carbons (Fsp3) is 0.667. The number of rotatable bonds is 7. The van der Waals surface area contributed by atoms with Gasteiger partial charge in [0, 0.05) is 44.8 Å². The fourth-order valence-corrected chi connectivity index (χ4v) is 4.08. The zero-order valence-corrected chi connectivity index (χ0v) is 19.5. The Labute approximate surface area is 182 Å². The third-order valence-corrected chi connectivity index (χ3v) is 5.80. The van der Waals surface area contributed by atoms with Gasteiger partial charge in [0.15, 0.2) is 5.96 Å². The van der Waals surface area contributed by atoms with Crippen LogP contribution in [-0.2, 0) is 6.54 Å². The molecule has 1 saturated carbocycles. The van der Waals surface area contributed by atoms with E-state index >= 15 is 0 Å². The van der Waals surface area contributed by atoms with Crippen LogP contribution in [0, 0.1) is 5.92 Å². The molecule has 5 nitrogen and oxygen atoms in total. The van der Waals surface area contributed by atoms with E-state index < -0.39 is 0 Å². The standard InChI is InChI=1S/C21H35N5.HI/c1-16-12-19(15-26(16)14-17-8-6-5-7-9-17)24-21(22-2)23-13-20(25(3)4)18-10-11-18;/h5-9,16,18-20H,10-15H2,1-4H3,(H2,22,23,24);1H. The maximum Gasteiger partial charge on any atom is 0.191 e. The van der Waals surface area contributed by atoms with Crippen molar-refractivity contribution in [3.8, 4) is 0 Å². The molecule has 0 radical (unpaired) electrons. The summed E-state index contributed by atoms with van der Waals surface area (Å²) in [5.41, 5.74) is 1.39. The van der Waals surface area contributed by atoms with Gasteiger partial charge < -0.3 is 15.5 Å². The Morgan fingerprint density at radius 3 is 2.56 bits per heavy atom. The van der Waals surface area contributed by atoms with E-state index in [9.17, 15) is 0 Å². The molecule has 3 atom stereocenters. The lowest BCUT2D eigenvalue weighted by Crippen LogP contribution is -2.49. The normalized spacial score (nSPS) is 24.6. The van der Waals surface area contributed by atoms with Gasteiger partial charge in [-0.1, -0.05) is 30.3 Å². The Bertz CT molecular complexity index is 585. The summed E-state index contributed by atoms with van der Waals surface area (Å²) in [7, 11) is 6.24. The van der Waals surface area contributed by atoms with Crippen LogP contribution in [0.1, 0.15) is 31.7 Å². The first-order valence-electron chi connectivity index (χ1n) is 9.98. The molecular weight excluding hydrogens is 449 g/mol. The van der Waals surface area contributed by atoms with Gasteiger partial charge in [-0.05, 0) is 51.8 Å². The lowest BCUT2D eigenvalue weighted by molar-refractivity contribution is 0.257. The summed E-state index contributed by atoms with van der Waals surface area (Å²) in [4.78, 5) is 9.36. The van der Waals surface area contributed by atoms with Gasteiger partial charge in [-0.3, -0.25) is 9.89 Å². The summed E-state index contributed by atoms with van der Waals surface area (Å²) >= 11 is 0. The molecule has 1 aromatic rings. The van der Waals surface area contributed by atoms with Crippen molar-refractivity contribution in [1.82, 2.24) is 20.4 Å². The van der Waals surface area contributed by atoms with Gasteiger partial charge in [0.2, 0.25) is 0 Å². The lowest BCUT2D eigenvalue weighted by Gasteiger charge is -2.26. The van der Waals surface area contributed by atoms with E-state index in [0.29, 0.717) is 18.1 Å². The summed E-state index contributed by atoms with van der Waals surface area (Å²) < 4.78 is 0. The van der Waals surface area contributed by atoms with Crippen LogP contribution < -0.4 is 10.6 Å². The van der Waals surface area contributed by atoms with E-state index in [1.54, 1.807) is 0 Å². The van der Waals surface area contributed by atoms with Crippen molar-refractivity contribution >= 4 is 29.9 Å². The second-order valence-corrected chi connectivity index (χ2v) is 8.16. The quantitative estimate of drug-likeness (QED) is 0.354. The first kappa shape index (κ1) is 22.4. The predicted molar refractivity (Wildman–Crippen MR) is 125 cm³/mol. The van der Waals surface area contributed by atoms with Crippen LogP contribution in [0.2, 0.25) is 0 Å². The van der Waals surface area contributed by atoms with Crippen molar-refractivity contribution in [2.45, 2.75) is 50.9 Å². The maximum atomic E-state index is 4.45. The molecule has 3 rings (SSSR count). The summed E-state index contributed by atoms with van der Waals surface area (Å²) in [5, 5.41) is 7.20. The van der Waals surface area contributed by atoms with Gasteiger partial charge in [0.25, 0.3) is 0 Å². The number of hydrogen-bond acceptors (Lipinski definition) is 3. The third kappa shape index (κ3) is 6.61. The van der Waals surface area contributed by atoms with Crippen molar-refractivity contribution in [2.75, 3.05) is 34.2 Å². The zero-order chi connectivity index (χ0) is 18.5. The predicted octanol–water partition coefficient (Wildman–Crippen LogP) is 2.77. The SMILES string of the molecule is CN=C(NCC(C1CC1)N(C)C)NC1CC(C)N(Cc2ccccc2)C1.I. The Kier molecular flexibility index (Phi) is 8.82. The number of nitrogens with zero attached hydrogens (tertiary/aromatic N) is 3. The average Bonchev–Trinajstić information content (AvgIpc) is 3.40. The van der Waals surface area contributed by atoms with Crippen LogP contribution in [0.4, 0.5) is 0 Å². The van der Waals surface area contributed by atoms with Crippen molar-refractivity contribution < 1.29 is 0 Å². The van der Waals surface area contributed by atoms with E-state index in [2.05, 4.69) is 76.8 Å². The van der Waals surface area contributed by atoms with Crippen molar-refractivity contribution in [2.24, 2.45) is 10.9 Å². The van der Waals surface area contributed by atoms with Gasteiger partial charge in [-0.25, -0.2) is 0 Å². The molecule has 1 aromatic carbocycles. The largest absolute Gasteiger partial charge is 0.355 e. The molecule has 152 valence electrons. The monoisotopic (exact) mass is 485 g/mol. The van der Waals surface area contributed by atoms with Crippen LogP contribution in [-0.4, -0.2) is 68.1 Å². The molecule has 27 heavy (non-hydrogen) atoms. The Morgan fingerprint density at radius 1 is 1.26 bits per heavy atom. The molecule has 2 N–H and O–H groups in total. The Balaban J connectivity index is 0.00000261. The van der Waals surface area contributed by atoms with Gasteiger partial charge >= 0.3 is 0 Å². The van der Waals surface area contributed by atoms with E-state index in [4.69, 9.17) is 0 Å². The Hall–Kier alpha value is -0.860. The molecule has 3 unspecified atom stereocenters. The fourth-order valence-electron chi connectivity index (χ4n) is 4.08. The van der Waals surface area contributed by atoms with Gasteiger partial charge in [0.1, 0.15) is 0 Å². The smallest absolute Gasteiger partial charge is 0.191 e. The second kappa shape index (κ2) is 10.6. The highest BCUT2D eigenvalue weighted by Gasteiger charge is 2.33. The first-order chi connectivity index (χ1) is 12.6. The minimum Gasteiger partial charge on any atom is -0.355 e. The molecule has 0 spiro atoms. The highest BCUT2D eigenvalue weighted by atomic mass is 127. The van der Waals surface area contributed by atoms with Gasteiger partial charge in [0.05, 0.1) is 0 Å². The summed E-state index contributed by atoms with van der Waals surface area (Å²) in [5.74, 6) is 1.79. The average molecular weight is 485 g/mol. The number of nitrogens with one attached hydrogen (secondary N) is 2.